The van der Waals surface area contributed by atoms with Crippen LogP contribution in [0.25, 0.3) is 16.7 Å². The van der Waals surface area contributed by atoms with Crippen LogP contribution < -0.4 is 0 Å². The van der Waals surface area contributed by atoms with Crippen molar-refractivity contribution in [3.8, 4) is 0 Å². The average Bonchev–Trinajstić information content (AvgIpc) is 2.95. The summed E-state index contributed by atoms with van der Waals surface area (Å²) in [6, 6.07) is 11.0. The largest absolute Gasteiger partial charge is 0.441 e. The van der Waals surface area contributed by atoms with E-state index in [0.717, 1.165) is 58.5 Å². The van der Waals surface area contributed by atoms with Gasteiger partial charge in [-0.15, -0.1) is 0 Å². The molecule has 0 N–H and O–H groups in total. The third kappa shape index (κ3) is 3.25. The molecule has 124 valence electrons. The topological polar surface area (TPSA) is 26.0 Å². The number of nitrogens with zero attached hydrogens (tertiary/aromatic N) is 1. The van der Waals surface area contributed by atoms with Crippen molar-refractivity contribution in [1.29, 1.82) is 0 Å². The maximum Gasteiger partial charge on any atom is 0.195 e. The van der Waals surface area contributed by atoms with E-state index in [0.29, 0.717) is 0 Å². The average molecular weight is 323 g/mol. The summed E-state index contributed by atoms with van der Waals surface area (Å²) in [5, 5.41) is 0. The molecular formula is C21H22FNO. The number of hydrogen-bond donors (Lipinski definition) is 0. The first-order valence-corrected chi connectivity index (χ1v) is 8.49. The van der Waals surface area contributed by atoms with Crippen molar-refractivity contribution >= 4 is 16.7 Å². The van der Waals surface area contributed by atoms with Gasteiger partial charge in [0.15, 0.2) is 11.5 Å². The minimum Gasteiger partial charge on any atom is -0.441 e. The van der Waals surface area contributed by atoms with Crippen molar-refractivity contribution in [3.05, 3.63) is 70.9 Å². The van der Waals surface area contributed by atoms with Crippen LogP contribution in [-0.4, -0.2) is 4.98 Å². The highest BCUT2D eigenvalue weighted by atomic mass is 19.1. The van der Waals surface area contributed by atoms with Gasteiger partial charge in [-0.2, -0.15) is 0 Å². The highest BCUT2D eigenvalue weighted by Gasteiger charge is 2.12. The molecule has 0 spiro atoms. The van der Waals surface area contributed by atoms with Crippen LogP contribution in [0.4, 0.5) is 4.39 Å². The lowest BCUT2D eigenvalue weighted by Gasteiger charge is -2.11. The molecule has 2 nitrogen and oxygen atoms in total. The lowest BCUT2D eigenvalue weighted by molar-refractivity contribution is 0.525. The zero-order valence-electron chi connectivity index (χ0n) is 14.4. The summed E-state index contributed by atoms with van der Waals surface area (Å²) in [6.45, 7) is 6.15. The minimum atomic E-state index is -0.206. The fourth-order valence-corrected chi connectivity index (χ4v) is 2.98. The van der Waals surface area contributed by atoms with E-state index in [1.807, 2.05) is 25.1 Å². The Labute approximate surface area is 142 Å². The second-order valence-electron chi connectivity index (χ2n) is 6.03. The molecule has 0 radical (unpaired) electrons. The summed E-state index contributed by atoms with van der Waals surface area (Å²) in [5.41, 5.74) is 5.83. The van der Waals surface area contributed by atoms with E-state index >= 15 is 0 Å². The van der Waals surface area contributed by atoms with E-state index in [-0.39, 0.29) is 5.82 Å². The normalized spacial score (nSPS) is 12.1. The molecule has 0 atom stereocenters. The molecule has 3 rings (SSSR count). The van der Waals surface area contributed by atoms with E-state index in [9.17, 15) is 4.39 Å². The summed E-state index contributed by atoms with van der Waals surface area (Å²) in [7, 11) is 0. The lowest BCUT2D eigenvalue weighted by atomic mass is 9.93. The lowest BCUT2D eigenvalue weighted by Crippen LogP contribution is -1.93. The van der Waals surface area contributed by atoms with Crippen LogP contribution in [0.5, 0.6) is 0 Å². The number of halogens is 1. The van der Waals surface area contributed by atoms with Gasteiger partial charge >= 0.3 is 0 Å². The van der Waals surface area contributed by atoms with Crippen LogP contribution in [0.3, 0.4) is 0 Å². The van der Waals surface area contributed by atoms with Crippen molar-refractivity contribution in [2.24, 2.45) is 0 Å². The van der Waals surface area contributed by atoms with Crippen LogP contribution >= 0.6 is 0 Å². The predicted molar refractivity (Wildman–Crippen MR) is 96.5 cm³/mol. The van der Waals surface area contributed by atoms with Crippen molar-refractivity contribution in [2.75, 3.05) is 0 Å². The van der Waals surface area contributed by atoms with E-state index in [4.69, 9.17) is 4.42 Å². The fourth-order valence-electron chi connectivity index (χ4n) is 2.98. The minimum absolute atomic E-state index is 0.206. The van der Waals surface area contributed by atoms with E-state index < -0.39 is 0 Å². The Morgan fingerprint density at radius 2 is 2.00 bits per heavy atom. The van der Waals surface area contributed by atoms with E-state index in [1.54, 1.807) is 6.07 Å². The van der Waals surface area contributed by atoms with Crippen LogP contribution in [0.15, 0.2) is 46.9 Å². The fraction of sp³-hybridized carbons (Fsp3) is 0.286. The first-order chi connectivity index (χ1) is 11.6. The maximum absolute atomic E-state index is 13.4. The molecule has 0 saturated heterocycles. The van der Waals surface area contributed by atoms with Gasteiger partial charge in [0, 0.05) is 6.42 Å². The standard InChI is InChI=1S/C21H22FNO/c1-4-6-18(17-10-9-16(22)12-14(17)3)15-8-11-19-20(13-15)24-21(23-19)7-5-2/h6,8-13H,4-5,7H2,1-3H3/b18-6-. The monoisotopic (exact) mass is 323 g/mol. The molecule has 0 fully saturated rings. The molecule has 0 amide bonds. The molecule has 1 aromatic heterocycles. The number of hydrogen-bond acceptors (Lipinski definition) is 2. The molecule has 3 heteroatoms. The van der Waals surface area contributed by atoms with Gasteiger partial charge < -0.3 is 4.42 Å². The van der Waals surface area contributed by atoms with Crippen molar-refractivity contribution < 1.29 is 8.81 Å². The molecule has 3 aromatic rings. The number of benzene rings is 2. The van der Waals surface area contributed by atoms with Crippen LogP contribution in [0, 0.1) is 12.7 Å². The number of aromatic nitrogens is 1. The number of allylic oxidation sites excluding steroid dienone is 1. The molecular weight excluding hydrogens is 301 g/mol. The second kappa shape index (κ2) is 7.00. The van der Waals surface area contributed by atoms with Gasteiger partial charge in [-0.05, 0) is 66.3 Å². The summed E-state index contributed by atoms with van der Waals surface area (Å²) in [4.78, 5) is 4.52. The molecule has 1 heterocycles. The molecule has 24 heavy (non-hydrogen) atoms. The van der Waals surface area contributed by atoms with Gasteiger partial charge in [-0.3, -0.25) is 0 Å². The Morgan fingerprint density at radius 1 is 1.17 bits per heavy atom. The molecule has 0 aliphatic carbocycles. The van der Waals surface area contributed by atoms with Gasteiger partial charge in [-0.1, -0.05) is 32.1 Å². The molecule has 0 saturated carbocycles. The Balaban J connectivity index is 2.08. The van der Waals surface area contributed by atoms with Crippen molar-refractivity contribution in [3.63, 3.8) is 0 Å². The zero-order chi connectivity index (χ0) is 17.1. The van der Waals surface area contributed by atoms with Gasteiger partial charge in [0.05, 0.1) is 0 Å². The quantitative estimate of drug-likeness (QED) is 0.569. The van der Waals surface area contributed by atoms with Crippen molar-refractivity contribution in [1.82, 2.24) is 4.98 Å². The van der Waals surface area contributed by atoms with Crippen LogP contribution in [0.2, 0.25) is 0 Å². The summed E-state index contributed by atoms with van der Waals surface area (Å²) >= 11 is 0. The van der Waals surface area contributed by atoms with Crippen LogP contribution in [0.1, 0.15) is 49.3 Å². The summed E-state index contributed by atoms with van der Waals surface area (Å²) in [5.74, 6) is 0.575. The third-order valence-electron chi connectivity index (χ3n) is 4.09. The number of fused-ring (bicyclic) bond motifs is 1. The zero-order valence-corrected chi connectivity index (χ0v) is 14.4. The summed E-state index contributed by atoms with van der Waals surface area (Å²) < 4.78 is 19.3. The Kier molecular flexibility index (Phi) is 4.79. The first-order valence-electron chi connectivity index (χ1n) is 8.49. The number of oxazole rings is 1. The Hall–Kier alpha value is -2.42. The molecule has 0 aliphatic rings. The molecule has 0 aliphatic heterocycles. The smallest absolute Gasteiger partial charge is 0.195 e. The van der Waals surface area contributed by atoms with Gasteiger partial charge in [0.1, 0.15) is 11.3 Å². The third-order valence-corrected chi connectivity index (χ3v) is 4.09. The van der Waals surface area contributed by atoms with E-state index in [1.165, 1.54) is 6.07 Å². The number of rotatable bonds is 5. The van der Waals surface area contributed by atoms with E-state index in [2.05, 4.69) is 31.0 Å². The van der Waals surface area contributed by atoms with Gasteiger partial charge in [0.25, 0.3) is 0 Å². The Morgan fingerprint density at radius 3 is 2.71 bits per heavy atom. The Bertz CT molecular complexity index is 892. The highest BCUT2D eigenvalue weighted by Crippen LogP contribution is 2.30. The maximum atomic E-state index is 13.4. The molecule has 0 unspecified atom stereocenters. The molecule has 0 bridgehead atoms. The first kappa shape index (κ1) is 16.4. The number of aryl methyl sites for hydroxylation is 2. The molecule has 2 aromatic carbocycles. The van der Waals surface area contributed by atoms with Gasteiger partial charge in [0.2, 0.25) is 0 Å². The SMILES string of the molecule is CC/C=C(/c1ccc2nc(CCC)oc2c1)c1ccc(F)cc1C. The predicted octanol–water partition coefficient (Wildman–Crippen LogP) is 6.07. The summed E-state index contributed by atoms with van der Waals surface area (Å²) in [6.07, 6.45) is 4.93. The second-order valence-corrected chi connectivity index (χ2v) is 6.03. The van der Waals surface area contributed by atoms with Gasteiger partial charge in [-0.25, -0.2) is 9.37 Å². The van der Waals surface area contributed by atoms with Crippen LogP contribution in [-0.2, 0) is 6.42 Å². The van der Waals surface area contributed by atoms with Crippen molar-refractivity contribution in [2.45, 2.75) is 40.0 Å². The highest BCUT2D eigenvalue weighted by molar-refractivity contribution is 5.86.